The lowest BCUT2D eigenvalue weighted by molar-refractivity contribution is 0.157. The predicted molar refractivity (Wildman–Crippen MR) is 72.4 cm³/mol. The summed E-state index contributed by atoms with van der Waals surface area (Å²) in [5, 5.41) is 11.5. The van der Waals surface area contributed by atoms with Crippen LogP contribution in [0, 0.1) is 0 Å². The van der Waals surface area contributed by atoms with Crippen LogP contribution in [0.25, 0.3) is 0 Å². The summed E-state index contributed by atoms with van der Waals surface area (Å²) in [6.07, 6.45) is 1.97. The highest BCUT2D eigenvalue weighted by molar-refractivity contribution is 4.94. The molecule has 0 aliphatic carbocycles. The summed E-state index contributed by atoms with van der Waals surface area (Å²) in [5.41, 5.74) is 1.98. The molecular weight excluding hydrogens is 228 g/mol. The highest BCUT2D eigenvalue weighted by atomic mass is 16.5. The van der Waals surface area contributed by atoms with E-state index in [-0.39, 0.29) is 5.54 Å². The van der Waals surface area contributed by atoms with Gasteiger partial charge in [-0.05, 0) is 27.7 Å². The summed E-state index contributed by atoms with van der Waals surface area (Å²) in [6, 6.07) is 0. The number of nitrogens with one attached hydrogen (secondary N) is 1. The number of nitrogens with zero attached hydrogens (tertiary/aromatic N) is 3. The molecule has 1 aromatic rings. The van der Waals surface area contributed by atoms with Gasteiger partial charge in [-0.3, -0.25) is 0 Å². The lowest BCUT2D eigenvalue weighted by Gasteiger charge is -2.17. The van der Waals surface area contributed by atoms with E-state index < -0.39 is 0 Å². The Bertz CT molecular complexity index is 379. The molecule has 0 atom stereocenters. The van der Waals surface area contributed by atoms with Crippen molar-refractivity contribution in [1.29, 1.82) is 0 Å². The Morgan fingerprint density at radius 1 is 1.50 bits per heavy atom. The number of ether oxygens (including phenoxy) is 1. The highest BCUT2D eigenvalue weighted by Crippen LogP contribution is 2.11. The van der Waals surface area contributed by atoms with Crippen LogP contribution in [0.3, 0.4) is 0 Å². The first kappa shape index (κ1) is 14.9. The van der Waals surface area contributed by atoms with E-state index in [1.54, 1.807) is 0 Å². The average molecular weight is 252 g/mol. The molecular formula is C13H24N4O. The zero-order chi connectivity index (χ0) is 13.6. The lowest BCUT2D eigenvalue weighted by Crippen LogP contribution is -2.22. The van der Waals surface area contributed by atoms with Crippen molar-refractivity contribution >= 4 is 0 Å². The van der Waals surface area contributed by atoms with Gasteiger partial charge in [0.2, 0.25) is 0 Å². The monoisotopic (exact) mass is 252 g/mol. The van der Waals surface area contributed by atoms with Crippen LogP contribution in [-0.2, 0) is 16.8 Å². The molecule has 102 valence electrons. The number of rotatable bonds is 7. The smallest absolute Gasteiger partial charge is 0.0965 e. The molecule has 0 unspecified atom stereocenters. The molecule has 0 saturated heterocycles. The van der Waals surface area contributed by atoms with Gasteiger partial charge in [-0.25, -0.2) is 4.68 Å². The van der Waals surface area contributed by atoms with E-state index in [1.807, 2.05) is 17.8 Å². The van der Waals surface area contributed by atoms with Crippen molar-refractivity contribution in [3.8, 4) is 0 Å². The molecule has 0 radical (unpaired) electrons. The molecule has 18 heavy (non-hydrogen) atoms. The first-order chi connectivity index (χ1) is 8.39. The van der Waals surface area contributed by atoms with Crippen molar-refractivity contribution < 1.29 is 4.74 Å². The Morgan fingerprint density at radius 2 is 2.22 bits per heavy atom. The zero-order valence-corrected chi connectivity index (χ0v) is 11.9. The van der Waals surface area contributed by atoms with Gasteiger partial charge in [-0.15, -0.1) is 5.10 Å². The third-order valence-corrected chi connectivity index (χ3v) is 2.31. The zero-order valence-electron chi connectivity index (χ0n) is 11.9. The second-order valence-corrected chi connectivity index (χ2v) is 5.51. The van der Waals surface area contributed by atoms with Crippen LogP contribution in [0.1, 0.15) is 33.4 Å². The molecule has 0 amide bonds. The van der Waals surface area contributed by atoms with Gasteiger partial charge in [0.25, 0.3) is 0 Å². The van der Waals surface area contributed by atoms with Crippen molar-refractivity contribution in [1.82, 2.24) is 20.3 Å². The Balaban J connectivity index is 2.20. The van der Waals surface area contributed by atoms with Gasteiger partial charge in [0.05, 0.1) is 30.6 Å². The minimum atomic E-state index is -0.0180. The fourth-order valence-corrected chi connectivity index (χ4v) is 1.31. The molecule has 1 heterocycles. The number of aromatic nitrogens is 3. The van der Waals surface area contributed by atoms with Crippen LogP contribution < -0.4 is 5.32 Å². The van der Waals surface area contributed by atoms with Crippen molar-refractivity contribution in [2.24, 2.45) is 0 Å². The quantitative estimate of drug-likeness (QED) is 0.593. The van der Waals surface area contributed by atoms with Gasteiger partial charge in [0, 0.05) is 13.1 Å². The van der Waals surface area contributed by atoms with Gasteiger partial charge in [-0.1, -0.05) is 17.4 Å². The van der Waals surface area contributed by atoms with Crippen molar-refractivity contribution in [3.63, 3.8) is 0 Å². The molecule has 0 saturated carbocycles. The topological polar surface area (TPSA) is 52.0 Å². The van der Waals surface area contributed by atoms with Gasteiger partial charge >= 0.3 is 0 Å². The van der Waals surface area contributed by atoms with Crippen LogP contribution >= 0.6 is 0 Å². The molecule has 0 aliphatic rings. The first-order valence-corrected chi connectivity index (χ1v) is 6.24. The maximum absolute atomic E-state index is 5.39. The molecule has 1 rings (SSSR count). The molecule has 0 aliphatic heterocycles. The maximum Gasteiger partial charge on any atom is 0.0965 e. The summed E-state index contributed by atoms with van der Waals surface area (Å²) in [4.78, 5) is 0. The SMILES string of the molecule is C=C(C)COCCNCc1cn(C(C)(C)C)nn1. The summed E-state index contributed by atoms with van der Waals surface area (Å²) < 4.78 is 7.27. The van der Waals surface area contributed by atoms with E-state index in [9.17, 15) is 0 Å². The minimum Gasteiger partial charge on any atom is -0.376 e. The fraction of sp³-hybridized carbons (Fsp3) is 0.692. The van der Waals surface area contributed by atoms with Crippen LogP contribution in [0.15, 0.2) is 18.3 Å². The molecule has 1 aromatic heterocycles. The average Bonchev–Trinajstić information content (AvgIpc) is 2.71. The standard InChI is InChI=1S/C13H24N4O/c1-11(2)10-18-7-6-14-8-12-9-17(16-15-12)13(3,4)5/h9,14H,1,6-8,10H2,2-5H3. The van der Waals surface area contributed by atoms with Crippen LogP contribution in [0.2, 0.25) is 0 Å². The van der Waals surface area contributed by atoms with E-state index in [0.29, 0.717) is 19.8 Å². The summed E-state index contributed by atoms with van der Waals surface area (Å²) in [6.45, 7) is 14.9. The van der Waals surface area contributed by atoms with E-state index in [0.717, 1.165) is 17.8 Å². The Hall–Kier alpha value is -1.20. The number of hydrogen-bond donors (Lipinski definition) is 1. The Morgan fingerprint density at radius 3 is 2.78 bits per heavy atom. The molecule has 0 fully saturated rings. The summed E-state index contributed by atoms with van der Waals surface area (Å²) in [7, 11) is 0. The summed E-state index contributed by atoms with van der Waals surface area (Å²) in [5.74, 6) is 0. The molecule has 0 spiro atoms. The van der Waals surface area contributed by atoms with Gasteiger partial charge < -0.3 is 10.1 Å². The van der Waals surface area contributed by atoms with Crippen LogP contribution in [0.5, 0.6) is 0 Å². The Labute approximate surface area is 109 Å². The Kier molecular flexibility index (Phi) is 5.50. The fourth-order valence-electron chi connectivity index (χ4n) is 1.31. The second kappa shape index (κ2) is 6.66. The largest absolute Gasteiger partial charge is 0.376 e. The minimum absolute atomic E-state index is 0.0180. The molecule has 1 N–H and O–H groups in total. The van der Waals surface area contributed by atoms with E-state index in [2.05, 4.69) is 43.0 Å². The normalized spacial score (nSPS) is 11.8. The second-order valence-electron chi connectivity index (χ2n) is 5.51. The van der Waals surface area contributed by atoms with Crippen molar-refractivity contribution in [3.05, 3.63) is 24.0 Å². The third kappa shape index (κ3) is 5.42. The molecule has 5 heteroatoms. The lowest BCUT2D eigenvalue weighted by atomic mass is 10.1. The van der Waals surface area contributed by atoms with E-state index >= 15 is 0 Å². The van der Waals surface area contributed by atoms with Gasteiger partial charge in [0.1, 0.15) is 0 Å². The van der Waals surface area contributed by atoms with Crippen molar-refractivity contribution in [2.75, 3.05) is 19.8 Å². The van der Waals surface area contributed by atoms with Crippen LogP contribution in [-0.4, -0.2) is 34.8 Å². The highest BCUT2D eigenvalue weighted by Gasteiger charge is 2.14. The number of hydrogen-bond acceptors (Lipinski definition) is 4. The first-order valence-electron chi connectivity index (χ1n) is 6.24. The van der Waals surface area contributed by atoms with Crippen molar-refractivity contribution in [2.45, 2.75) is 39.8 Å². The van der Waals surface area contributed by atoms with E-state index in [4.69, 9.17) is 4.74 Å². The summed E-state index contributed by atoms with van der Waals surface area (Å²) >= 11 is 0. The molecule has 0 bridgehead atoms. The van der Waals surface area contributed by atoms with E-state index in [1.165, 1.54) is 0 Å². The molecule has 0 aromatic carbocycles. The van der Waals surface area contributed by atoms with Gasteiger partial charge in [0.15, 0.2) is 0 Å². The maximum atomic E-state index is 5.39. The predicted octanol–water partition coefficient (Wildman–Crippen LogP) is 1.72. The van der Waals surface area contributed by atoms with Gasteiger partial charge in [-0.2, -0.15) is 0 Å². The molecule has 5 nitrogen and oxygen atoms in total. The third-order valence-electron chi connectivity index (χ3n) is 2.31. The van der Waals surface area contributed by atoms with Crippen LogP contribution in [0.4, 0.5) is 0 Å².